The van der Waals surface area contributed by atoms with Gasteiger partial charge in [0.2, 0.25) is 0 Å². The minimum atomic E-state index is -1.06. The molecule has 0 amide bonds. The van der Waals surface area contributed by atoms with Crippen molar-refractivity contribution in [1.29, 1.82) is 0 Å². The van der Waals surface area contributed by atoms with Crippen molar-refractivity contribution in [3.63, 3.8) is 0 Å². The molecular weight excluding hydrogens is 300 g/mol. The predicted molar refractivity (Wildman–Crippen MR) is 85.7 cm³/mol. The normalized spacial score (nSPS) is 10.6. The lowest BCUT2D eigenvalue weighted by atomic mass is 10.1. The van der Waals surface area contributed by atoms with Gasteiger partial charge in [-0.2, -0.15) is 5.10 Å². The van der Waals surface area contributed by atoms with Crippen molar-refractivity contribution in [3.05, 3.63) is 70.9 Å². The van der Waals surface area contributed by atoms with Gasteiger partial charge >= 0.3 is 5.97 Å². The maximum absolute atomic E-state index is 11.4. The van der Waals surface area contributed by atoms with Gasteiger partial charge in [-0.1, -0.05) is 54.1 Å². The minimum Gasteiger partial charge on any atom is -0.476 e. The highest BCUT2D eigenvalue weighted by Crippen LogP contribution is 2.31. The van der Waals surface area contributed by atoms with Crippen molar-refractivity contribution >= 4 is 17.6 Å². The van der Waals surface area contributed by atoms with Gasteiger partial charge in [-0.3, -0.25) is 0 Å². The van der Waals surface area contributed by atoms with Crippen LogP contribution < -0.4 is 0 Å². The van der Waals surface area contributed by atoms with Crippen molar-refractivity contribution in [2.75, 3.05) is 0 Å². The monoisotopic (exact) mass is 312 g/mol. The van der Waals surface area contributed by atoms with E-state index in [1.165, 1.54) is 0 Å². The van der Waals surface area contributed by atoms with Gasteiger partial charge in [0, 0.05) is 11.1 Å². The third-order valence-corrected chi connectivity index (χ3v) is 3.77. The number of nitrogens with zero attached hydrogens (tertiary/aromatic N) is 2. The third kappa shape index (κ3) is 2.38. The lowest BCUT2D eigenvalue weighted by Crippen LogP contribution is -2.02. The van der Waals surface area contributed by atoms with E-state index in [4.69, 9.17) is 11.6 Å². The van der Waals surface area contributed by atoms with Crippen LogP contribution in [0.15, 0.2) is 54.6 Å². The first-order valence-corrected chi connectivity index (χ1v) is 7.10. The van der Waals surface area contributed by atoms with E-state index < -0.39 is 5.97 Å². The van der Waals surface area contributed by atoms with Crippen LogP contribution in [0.4, 0.5) is 0 Å². The van der Waals surface area contributed by atoms with Crippen LogP contribution in [0.5, 0.6) is 0 Å². The highest BCUT2D eigenvalue weighted by Gasteiger charge is 2.22. The fourth-order valence-corrected chi connectivity index (χ4v) is 2.65. The Balaban J connectivity index is 2.33. The van der Waals surface area contributed by atoms with E-state index in [2.05, 4.69) is 5.10 Å². The number of carboxylic acids is 1. The number of rotatable bonds is 3. The van der Waals surface area contributed by atoms with Gasteiger partial charge < -0.3 is 5.11 Å². The summed E-state index contributed by atoms with van der Waals surface area (Å²) in [6.45, 7) is 1.76. The van der Waals surface area contributed by atoms with Crippen molar-refractivity contribution in [3.8, 4) is 16.9 Å². The Morgan fingerprint density at radius 1 is 1.09 bits per heavy atom. The Kier molecular flexibility index (Phi) is 3.69. The quantitative estimate of drug-likeness (QED) is 0.788. The maximum atomic E-state index is 11.4. The minimum absolute atomic E-state index is 0.0266. The molecule has 0 aliphatic carbocycles. The number of aromatic carboxylic acids is 1. The van der Waals surface area contributed by atoms with Gasteiger partial charge in [0.25, 0.3) is 0 Å². The molecule has 1 heterocycles. The summed E-state index contributed by atoms with van der Waals surface area (Å²) >= 11 is 6.25. The van der Waals surface area contributed by atoms with Gasteiger partial charge in [-0.15, -0.1) is 0 Å². The van der Waals surface area contributed by atoms with Crippen LogP contribution in [0.3, 0.4) is 0 Å². The molecule has 3 aromatic rings. The molecule has 5 heteroatoms. The first-order valence-electron chi connectivity index (χ1n) is 6.73. The van der Waals surface area contributed by atoms with Crippen LogP contribution in [-0.2, 0) is 0 Å². The van der Waals surface area contributed by atoms with Gasteiger partial charge in [-0.05, 0) is 19.1 Å². The van der Waals surface area contributed by atoms with Crippen LogP contribution in [0.25, 0.3) is 16.9 Å². The molecule has 0 radical (unpaired) electrons. The molecule has 22 heavy (non-hydrogen) atoms. The van der Waals surface area contributed by atoms with E-state index in [1.54, 1.807) is 17.7 Å². The standard InChI is InChI=1S/C17H13ClN2O2/c1-11-15(17(21)22)19-20(14-10-6-5-9-13(14)18)16(11)12-7-3-2-4-8-12/h2-10H,1H3,(H,21,22). The largest absolute Gasteiger partial charge is 0.476 e. The van der Waals surface area contributed by atoms with E-state index in [0.29, 0.717) is 16.3 Å². The van der Waals surface area contributed by atoms with E-state index >= 15 is 0 Å². The number of aromatic nitrogens is 2. The summed E-state index contributed by atoms with van der Waals surface area (Å²) < 4.78 is 1.59. The van der Waals surface area contributed by atoms with Crippen LogP contribution in [0, 0.1) is 6.92 Å². The van der Waals surface area contributed by atoms with Crippen molar-refractivity contribution in [2.24, 2.45) is 0 Å². The van der Waals surface area contributed by atoms with Crippen LogP contribution in [0.2, 0.25) is 5.02 Å². The molecule has 0 fully saturated rings. The van der Waals surface area contributed by atoms with Crippen LogP contribution in [-0.4, -0.2) is 20.9 Å². The van der Waals surface area contributed by atoms with E-state index in [0.717, 1.165) is 11.3 Å². The molecule has 0 aliphatic heterocycles. The summed E-state index contributed by atoms with van der Waals surface area (Å²) in [7, 11) is 0. The zero-order valence-corrected chi connectivity index (χ0v) is 12.6. The molecule has 0 unspecified atom stereocenters. The average molecular weight is 313 g/mol. The molecule has 3 rings (SSSR count). The molecular formula is C17H13ClN2O2. The molecule has 0 bridgehead atoms. The molecule has 0 saturated heterocycles. The second-order valence-corrected chi connectivity index (χ2v) is 5.26. The highest BCUT2D eigenvalue weighted by atomic mass is 35.5. The zero-order chi connectivity index (χ0) is 15.7. The van der Waals surface area contributed by atoms with Gasteiger partial charge in [-0.25, -0.2) is 9.48 Å². The zero-order valence-electron chi connectivity index (χ0n) is 11.8. The maximum Gasteiger partial charge on any atom is 0.356 e. The Morgan fingerprint density at radius 3 is 2.36 bits per heavy atom. The second kappa shape index (κ2) is 5.66. The molecule has 0 atom stereocenters. The SMILES string of the molecule is Cc1c(C(=O)O)nn(-c2ccccc2Cl)c1-c1ccccc1. The van der Waals surface area contributed by atoms with Crippen LogP contribution in [0.1, 0.15) is 16.1 Å². The lowest BCUT2D eigenvalue weighted by molar-refractivity contribution is 0.0689. The van der Waals surface area contributed by atoms with Crippen molar-refractivity contribution < 1.29 is 9.90 Å². The fourth-order valence-electron chi connectivity index (χ4n) is 2.43. The molecule has 0 aliphatic rings. The summed E-state index contributed by atoms with van der Waals surface area (Å²) in [4.78, 5) is 11.4. The number of hydrogen-bond donors (Lipinski definition) is 1. The smallest absolute Gasteiger partial charge is 0.356 e. The Morgan fingerprint density at radius 2 is 1.73 bits per heavy atom. The number of para-hydroxylation sites is 1. The summed E-state index contributed by atoms with van der Waals surface area (Å²) in [6, 6.07) is 16.8. The summed E-state index contributed by atoms with van der Waals surface area (Å²) in [5.74, 6) is -1.06. The van der Waals surface area contributed by atoms with E-state index in [-0.39, 0.29) is 5.69 Å². The molecule has 4 nitrogen and oxygen atoms in total. The molecule has 0 saturated carbocycles. The topological polar surface area (TPSA) is 55.1 Å². The molecule has 0 spiro atoms. The summed E-state index contributed by atoms with van der Waals surface area (Å²) in [5, 5.41) is 14.1. The Hall–Kier alpha value is -2.59. The van der Waals surface area contributed by atoms with Crippen LogP contribution >= 0.6 is 11.6 Å². The van der Waals surface area contributed by atoms with E-state index in [9.17, 15) is 9.90 Å². The summed E-state index contributed by atoms with van der Waals surface area (Å²) in [6.07, 6.45) is 0. The highest BCUT2D eigenvalue weighted by molar-refractivity contribution is 6.32. The van der Waals surface area contributed by atoms with Gasteiger partial charge in [0.15, 0.2) is 5.69 Å². The van der Waals surface area contributed by atoms with Gasteiger partial charge in [0.1, 0.15) is 0 Å². The lowest BCUT2D eigenvalue weighted by Gasteiger charge is -2.10. The second-order valence-electron chi connectivity index (χ2n) is 4.86. The van der Waals surface area contributed by atoms with Crippen molar-refractivity contribution in [2.45, 2.75) is 6.92 Å². The Bertz CT molecular complexity index is 841. The number of hydrogen-bond acceptors (Lipinski definition) is 2. The van der Waals surface area contributed by atoms with E-state index in [1.807, 2.05) is 48.5 Å². The number of carbonyl (C=O) groups is 1. The first kappa shape index (κ1) is 14.4. The van der Waals surface area contributed by atoms with Gasteiger partial charge in [0.05, 0.1) is 16.4 Å². The molecule has 1 N–H and O–H groups in total. The predicted octanol–water partition coefficient (Wildman–Crippen LogP) is 4.20. The molecule has 110 valence electrons. The Labute approximate surface area is 132 Å². The first-order chi connectivity index (χ1) is 10.6. The fraction of sp³-hybridized carbons (Fsp3) is 0.0588. The molecule has 2 aromatic carbocycles. The number of carboxylic acid groups (broad SMARTS) is 1. The summed E-state index contributed by atoms with van der Waals surface area (Å²) in [5.41, 5.74) is 2.90. The van der Waals surface area contributed by atoms with Crippen molar-refractivity contribution in [1.82, 2.24) is 9.78 Å². The number of benzene rings is 2. The number of halogens is 1. The third-order valence-electron chi connectivity index (χ3n) is 3.45. The molecule has 1 aromatic heterocycles. The average Bonchev–Trinajstić information content (AvgIpc) is 2.86.